The van der Waals surface area contributed by atoms with Crippen molar-refractivity contribution in [1.82, 2.24) is 9.97 Å². The van der Waals surface area contributed by atoms with E-state index in [2.05, 4.69) is 56.1 Å². The number of aliphatic hydroxyl groups excluding tert-OH is 1. The third-order valence-corrected chi connectivity index (χ3v) is 11.5. The number of nitrogens with zero attached hydrogens (tertiary/aromatic N) is 2. The summed E-state index contributed by atoms with van der Waals surface area (Å²) < 4.78 is 16.5. The Morgan fingerprint density at radius 2 is 1.60 bits per heavy atom. The summed E-state index contributed by atoms with van der Waals surface area (Å²) >= 11 is 1.76. The maximum absolute atomic E-state index is 14.1. The number of aliphatic hydroxyl groups is 1. The number of carbonyl (C=O) groups excluding carboxylic acids is 1. The summed E-state index contributed by atoms with van der Waals surface area (Å²) in [6.07, 6.45) is 13.2. The maximum Gasteiger partial charge on any atom is 0.162 e. The van der Waals surface area contributed by atoms with Crippen LogP contribution in [0.15, 0.2) is 60.6 Å². The molecule has 0 bridgehead atoms. The van der Waals surface area contributed by atoms with Crippen LogP contribution in [0.1, 0.15) is 123 Å². The van der Waals surface area contributed by atoms with Gasteiger partial charge in [0, 0.05) is 58.5 Å². The fraction of sp³-hybridized carbons (Fsp3) is 0.465. The average Bonchev–Trinajstić information content (AvgIpc) is 3.47. The van der Waals surface area contributed by atoms with Crippen molar-refractivity contribution >= 4 is 48.2 Å². The van der Waals surface area contributed by atoms with Crippen LogP contribution in [0, 0.1) is 23.7 Å². The predicted octanol–water partition coefficient (Wildman–Crippen LogP) is 12.8. The predicted molar refractivity (Wildman–Crippen MR) is 205 cm³/mol. The van der Waals surface area contributed by atoms with Crippen LogP contribution in [-0.4, -0.2) is 20.9 Å². The number of carbonyl (C=O) groups is 1. The average molecular weight is 872 g/mol. The summed E-state index contributed by atoms with van der Waals surface area (Å²) in [6, 6.07) is 17.6. The Hall–Kier alpha value is -2.99. The SMILES string of the molecule is CC(C)(C)c1cc(-c2ncnc3c2sc2cc(C4CCCCC4)ccc23)[c-]c2cc(F)ccc12.CCC(CC)C(=O)/C=C(\O)C(CC)CC.[Ir]. The van der Waals surface area contributed by atoms with Crippen molar-refractivity contribution in [1.29, 1.82) is 0 Å². The van der Waals surface area contributed by atoms with E-state index in [9.17, 15) is 14.3 Å². The van der Waals surface area contributed by atoms with Gasteiger partial charge in [-0.1, -0.05) is 103 Å². The molecule has 1 saturated carbocycles. The van der Waals surface area contributed by atoms with E-state index in [1.165, 1.54) is 65.5 Å². The number of rotatable bonds is 9. The third-order valence-electron chi connectivity index (χ3n) is 10.3. The largest absolute Gasteiger partial charge is 0.512 e. The van der Waals surface area contributed by atoms with Crippen LogP contribution in [0.25, 0.3) is 42.3 Å². The molecular weight excluding hydrogens is 820 g/mol. The first-order valence-electron chi connectivity index (χ1n) is 18.3. The smallest absolute Gasteiger partial charge is 0.162 e. The Morgan fingerprint density at radius 3 is 2.24 bits per heavy atom. The zero-order valence-electron chi connectivity index (χ0n) is 30.7. The molecule has 6 rings (SSSR count). The Bertz CT molecular complexity index is 1950. The molecular formula is C43H52FIrN2O2S-. The summed E-state index contributed by atoms with van der Waals surface area (Å²) in [6.45, 7) is 14.6. The Balaban J connectivity index is 0.000000301. The van der Waals surface area contributed by atoms with Gasteiger partial charge in [-0.05, 0) is 67.6 Å². The Morgan fingerprint density at radius 1 is 0.940 bits per heavy atom. The summed E-state index contributed by atoms with van der Waals surface area (Å²) in [7, 11) is 0. The molecule has 1 aliphatic carbocycles. The Labute approximate surface area is 315 Å². The monoisotopic (exact) mass is 872 g/mol. The molecule has 1 aliphatic rings. The minimum Gasteiger partial charge on any atom is -0.512 e. The number of halogens is 1. The molecule has 0 aliphatic heterocycles. The van der Waals surface area contributed by atoms with E-state index in [1.807, 2.05) is 33.8 Å². The van der Waals surface area contributed by atoms with Crippen LogP contribution in [0.2, 0.25) is 0 Å². The fourth-order valence-electron chi connectivity index (χ4n) is 7.26. The summed E-state index contributed by atoms with van der Waals surface area (Å²) in [5, 5.41) is 12.8. The molecule has 2 heterocycles. The van der Waals surface area contributed by atoms with Gasteiger partial charge in [-0.25, -0.2) is 9.37 Å². The van der Waals surface area contributed by atoms with Crippen LogP contribution in [0.5, 0.6) is 0 Å². The van der Waals surface area contributed by atoms with Crippen LogP contribution >= 0.6 is 11.3 Å². The third kappa shape index (κ3) is 8.89. The number of benzene rings is 3. The van der Waals surface area contributed by atoms with Crippen LogP contribution < -0.4 is 0 Å². The van der Waals surface area contributed by atoms with Crippen molar-refractivity contribution in [2.45, 2.75) is 118 Å². The van der Waals surface area contributed by atoms with Gasteiger partial charge in [0.1, 0.15) is 6.33 Å². The summed E-state index contributed by atoms with van der Waals surface area (Å²) in [4.78, 5) is 21.1. The van der Waals surface area contributed by atoms with E-state index < -0.39 is 0 Å². The van der Waals surface area contributed by atoms with E-state index in [4.69, 9.17) is 4.98 Å². The normalized spacial score (nSPS) is 14.3. The molecule has 269 valence electrons. The second-order valence-electron chi connectivity index (χ2n) is 14.6. The summed E-state index contributed by atoms with van der Waals surface area (Å²) in [5.41, 5.74) is 5.29. The van der Waals surface area contributed by atoms with Crippen LogP contribution in [0.3, 0.4) is 0 Å². The number of fused-ring (bicyclic) bond motifs is 4. The molecule has 0 amide bonds. The number of ketones is 1. The van der Waals surface area contributed by atoms with Crippen LogP contribution in [-0.2, 0) is 30.3 Å². The number of aromatic nitrogens is 2. The Kier molecular flexibility index (Phi) is 13.9. The molecule has 0 spiro atoms. The van der Waals surface area contributed by atoms with Crippen molar-refractivity contribution < 1.29 is 34.4 Å². The molecule has 7 heteroatoms. The molecule has 5 aromatic rings. The van der Waals surface area contributed by atoms with Gasteiger partial charge in [0.2, 0.25) is 0 Å². The first kappa shape index (κ1) is 39.8. The molecule has 0 unspecified atom stereocenters. The van der Waals surface area contributed by atoms with E-state index in [-0.39, 0.29) is 54.7 Å². The number of hydrogen-bond donors (Lipinski definition) is 1. The van der Waals surface area contributed by atoms with Gasteiger partial charge in [0.25, 0.3) is 0 Å². The second kappa shape index (κ2) is 17.5. The zero-order chi connectivity index (χ0) is 35.3. The van der Waals surface area contributed by atoms with E-state index in [0.29, 0.717) is 5.92 Å². The van der Waals surface area contributed by atoms with Crippen LogP contribution in [0.4, 0.5) is 4.39 Å². The standard InChI is InChI=1S/C30H28FN2S.C13H24O2.Ir/c1-30(2,3)25-15-21(13-20-14-22(31)10-12-23(20)25)27-29-28(33-17-32-27)24-11-9-19(16-26(24)34-29)18-7-5-4-6-8-18;1-5-10(6-2)12(14)9-13(15)11(7-3)8-4;/h9-12,14-18H,4-8H2,1-3H3;9-11,14H,5-8H2,1-4H3;/q-1;;/b;12-9-;. The molecule has 1 fully saturated rings. The number of allylic oxidation sites excluding steroid dienone is 2. The van der Waals surface area contributed by atoms with Gasteiger partial charge >= 0.3 is 0 Å². The van der Waals surface area contributed by atoms with Gasteiger partial charge in [-0.3, -0.25) is 9.78 Å². The molecule has 50 heavy (non-hydrogen) atoms. The zero-order valence-corrected chi connectivity index (χ0v) is 33.9. The van der Waals surface area contributed by atoms with E-state index in [1.54, 1.807) is 23.7 Å². The second-order valence-corrected chi connectivity index (χ2v) is 15.7. The molecule has 1 radical (unpaired) electrons. The van der Waals surface area contributed by atoms with Gasteiger partial charge in [-0.2, -0.15) is 0 Å². The van der Waals surface area contributed by atoms with Crippen molar-refractivity contribution in [3.8, 4) is 11.3 Å². The molecule has 0 atom stereocenters. The maximum atomic E-state index is 14.1. The molecule has 3 aromatic carbocycles. The van der Waals surface area contributed by atoms with Crippen molar-refractivity contribution in [2.75, 3.05) is 0 Å². The van der Waals surface area contributed by atoms with Gasteiger partial charge in [0.15, 0.2) is 5.78 Å². The van der Waals surface area contributed by atoms with Gasteiger partial charge < -0.3 is 5.11 Å². The van der Waals surface area contributed by atoms with Gasteiger partial charge in [0.05, 0.1) is 17.1 Å². The van der Waals surface area contributed by atoms with Gasteiger partial charge in [-0.15, -0.1) is 34.4 Å². The van der Waals surface area contributed by atoms with E-state index in [0.717, 1.165) is 57.9 Å². The van der Waals surface area contributed by atoms with Crippen molar-refractivity contribution in [2.24, 2.45) is 11.8 Å². The van der Waals surface area contributed by atoms with Crippen molar-refractivity contribution in [3.63, 3.8) is 0 Å². The topological polar surface area (TPSA) is 63.1 Å². The quantitative estimate of drug-likeness (QED) is 0.0910. The minimum atomic E-state index is -0.245. The number of hydrogen-bond acceptors (Lipinski definition) is 5. The number of thiophene rings is 1. The fourth-order valence-corrected chi connectivity index (χ4v) is 8.47. The molecule has 1 N–H and O–H groups in total. The van der Waals surface area contributed by atoms with Crippen molar-refractivity contribution in [3.05, 3.63) is 83.6 Å². The summed E-state index contributed by atoms with van der Waals surface area (Å²) in [5.74, 6) is 0.976. The van der Waals surface area contributed by atoms with E-state index >= 15 is 0 Å². The molecule has 0 saturated heterocycles. The first-order chi connectivity index (χ1) is 23.5. The molecule has 4 nitrogen and oxygen atoms in total. The minimum absolute atomic E-state index is 0. The first-order valence-corrected chi connectivity index (χ1v) is 19.1. The molecule has 2 aromatic heterocycles.